The van der Waals surface area contributed by atoms with Crippen molar-refractivity contribution in [3.05, 3.63) is 82.5 Å². The fourth-order valence-corrected chi connectivity index (χ4v) is 3.38. The van der Waals surface area contributed by atoms with E-state index in [4.69, 9.17) is 15.2 Å². The van der Waals surface area contributed by atoms with Gasteiger partial charge in [-0.2, -0.15) is 0 Å². The van der Waals surface area contributed by atoms with Gasteiger partial charge in [0.15, 0.2) is 12.3 Å². The van der Waals surface area contributed by atoms with Crippen LogP contribution >= 0.6 is 0 Å². The number of benzene rings is 1. The molecule has 3 rings (SSSR count). The molecule has 1 aliphatic heterocycles. The zero-order chi connectivity index (χ0) is 25.0. The summed E-state index contributed by atoms with van der Waals surface area (Å²) in [5.74, 6) is -3.23. The molecule has 34 heavy (non-hydrogen) atoms. The second-order valence-electron chi connectivity index (χ2n) is 8.24. The molecule has 0 fully saturated rings. The topological polar surface area (TPSA) is 94.8 Å². The third-order valence-electron chi connectivity index (χ3n) is 5.45. The molecule has 1 amide bonds. The minimum Gasteiger partial charge on any atom is -0.492 e. The third-order valence-corrected chi connectivity index (χ3v) is 5.45. The van der Waals surface area contributed by atoms with Crippen LogP contribution in [0, 0.1) is 0 Å². The first-order valence-electron chi connectivity index (χ1n) is 10.7. The third kappa shape index (κ3) is 5.78. The summed E-state index contributed by atoms with van der Waals surface area (Å²) < 4.78 is 36.6. The molecular weight excluding hydrogens is 444 g/mol. The molecule has 0 saturated carbocycles. The van der Waals surface area contributed by atoms with Gasteiger partial charge in [0.05, 0.1) is 11.8 Å². The number of esters is 1. The predicted octanol–water partition coefficient (Wildman–Crippen LogP) is 4.45. The number of halogens is 2. The van der Waals surface area contributed by atoms with Crippen LogP contribution in [0.3, 0.4) is 0 Å². The van der Waals surface area contributed by atoms with Crippen LogP contribution < -0.4 is 10.5 Å². The molecule has 2 heterocycles. The van der Waals surface area contributed by atoms with E-state index in [0.717, 1.165) is 6.92 Å². The Morgan fingerprint density at radius 1 is 1.26 bits per heavy atom. The molecule has 0 radical (unpaired) electrons. The van der Waals surface area contributed by atoms with E-state index >= 15 is 0 Å². The standard InChI is InChI=1S/C25H27F2N3O4/c1-15(17(3)33-14-25(4,26)27)12-21(28)16(2)30-13-20-19(23(30)31)10-11-29-22(20)24(32)34-18-8-6-5-7-9-18/h5-12,16H,13-14,28H2,1-4H3/b17-15+,21-12-. The summed E-state index contributed by atoms with van der Waals surface area (Å²) in [6.45, 7) is 5.16. The molecule has 2 aromatic rings. The van der Waals surface area contributed by atoms with Gasteiger partial charge in [-0.3, -0.25) is 4.79 Å². The van der Waals surface area contributed by atoms with Gasteiger partial charge in [-0.15, -0.1) is 0 Å². The molecule has 2 N–H and O–H groups in total. The van der Waals surface area contributed by atoms with Crippen molar-refractivity contribution in [1.82, 2.24) is 9.88 Å². The summed E-state index contributed by atoms with van der Waals surface area (Å²) in [5.41, 5.74) is 8.02. The van der Waals surface area contributed by atoms with E-state index in [1.165, 1.54) is 11.1 Å². The highest BCUT2D eigenvalue weighted by Gasteiger charge is 2.35. The number of hydrogen-bond donors (Lipinski definition) is 1. The minimum absolute atomic E-state index is 0.0627. The quantitative estimate of drug-likeness (QED) is 0.265. The van der Waals surface area contributed by atoms with E-state index < -0.39 is 24.5 Å². The smallest absolute Gasteiger partial charge is 0.362 e. The number of aromatic nitrogens is 1. The molecule has 1 aromatic heterocycles. The van der Waals surface area contributed by atoms with Gasteiger partial charge in [-0.25, -0.2) is 18.6 Å². The number of carbonyl (C=O) groups excluding carboxylic acids is 2. The second kappa shape index (κ2) is 10.0. The minimum atomic E-state index is -2.95. The molecule has 1 aliphatic rings. The highest BCUT2D eigenvalue weighted by atomic mass is 19.3. The highest BCUT2D eigenvalue weighted by molar-refractivity contribution is 6.02. The zero-order valence-corrected chi connectivity index (χ0v) is 19.5. The average Bonchev–Trinajstić information content (AvgIpc) is 3.13. The molecule has 1 aromatic carbocycles. The first kappa shape index (κ1) is 24.9. The lowest BCUT2D eigenvalue weighted by Crippen LogP contribution is -2.37. The van der Waals surface area contributed by atoms with Gasteiger partial charge in [0.1, 0.15) is 5.75 Å². The Morgan fingerprint density at radius 2 is 1.94 bits per heavy atom. The maximum atomic E-state index is 13.1. The summed E-state index contributed by atoms with van der Waals surface area (Å²) in [6.07, 6.45) is 2.98. The van der Waals surface area contributed by atoms with Gasteiger partial charge in [0, 0.05) is 36.5 Å². The van der Waals surface area contributed by atoms with Crippen molar-refractivity contribution in [3.8, 4) is 5.75 Å². The molecule has 7 nitrogen and oxygen atoms in total. The summed E-state index contributed by atoms with van der Waals surface area (Å²) in [7, 11) is 0. The Morgan fingerprint density at radius 3 is 2.59 bits per heavy atom. The molecular formula is C25H27F2N3O4. The van der Waals surface area contributed by atoms with Crippen LogP contribution in [0.1, 0.15) is 54.1 Å². The fraction of sp³-hybridized carbons (Fsp3) is 0.320. The molecule has 0 saturated heterocycles. The zero-order valence-electron chi connectivity index (χ0n) is 19.5. The number of allylic oxidation sites excluding steroid dienone is 3. The first-order chi connectivity index (χ1) is 16.0. The van der Waals surface area contributed by atoms with Gasteiger partial charge in [0.2, 0.25) is 0 Å². The van der Waals surface area contributed by atoms with Crippen LogP contribution in [-0.2, 0) is 11.3 Å². The van der Waals surface area contributed by atoms with Crippen molar-refractivity contribution in [2.45, 2.75) is 46.2 Å². The lowest BCUT2D eigenvalue weighted by atomic mass is 10.1. The first-order valence-corrected chi connectivity index (χ1v) is 10.7. The molecule has 180 valence electrons. The number of para-hydroxylation sites is 1. The number of nitrogens with two attached hydrogens (primary N) is 1. The van der Waals surface area contributed by atoms with Crippen molar-refractivity contribution >= 4 is 11.9 Å². The van der Waals surface area contributed by atoms with Gasteiger partial charge >= 0.3 is 5.97 Å². The van der Waals surface area contributed by atoms with Crippen LogP contribution in [0.5, 0.6) is 5.75 Å². The second-order valence-corrected chi connectivity index (χ2v) is 8.24. The predicted molar refractivity (Wildman–Crippen MR) is 122 cm³/mol. The Bertz CT molecular complexity index is 1140. The van der Waals surface area contributed by atoms with E-state index in [2.05, 4.69) is 4.98 Å². The van der Waals surface area contributed by atoms with Crippen molar-refractivity contribution < 1.29 is 27.8 Å². The molecule has 0 spiro atoms. The van der Waals surface area contributed by atoms with Crippen molar-refractivity contribution in [3.63, 3.8) is 0 Å². The number of nitrogens with zero attached hydrogens (tertiary/aromatic N) is 2. The summed E-state index contributed by atoms with van der Waals surface area (Å²) in [4.78, 5) is 31.4. The van der Waals surface area contributed by atoms with E-state index in [9.17, 15) is 18.4 Å². The number of fused-ring (bicyclic) bond motifs is 1. The van der Waals surface area contributed by atoms with Crippen LogP contribution in [0.4, 0.5) is 8.78 Å². The van der Waals surface area contributed by atoms with Crippen LogP contribution in [-0.4, -0.2) is 40.3 Å². The van der Waals surface area contributed by atoms with Crippen LogP contribution in [0.2, 0.25) is 0 Å². The number of hydrogen-bond acceptors (Lipinski definition) is 6. The van der Waals surface area contributed by atoms with Crippen molar-refractivity contribution in [2.24, 2.45) is 5.73 Å². The number of pyridine rings is 1. The Hall–Kier alpha value is -3.75. The number of amides is 1. The lowest BCUT2D eigenvalue weighted by Gasteiger charge is -2.25. The number of carbonyl (C=O) groups is 2. The van der Waals surface area contributed by atoms with E-state index in [1.54, 1.807) is 63.2 Å². The van der Waals surface area contributed by atoms with E-state index in [-0.39, 0.29) is 18.1 Å². The normalized spacial score (nSPS) is 15.5. The molecule has 1 atom stereocenters. The van der Waals surface area contributed by atoms with Crippen LogP contribution in [0.25, 0.3) is 0 Å². The van der Waals surface area contributed by atoms with Gasteiger partial charge in [-0.1, -0.05) is 18.2 Å². The van der Waals surface area contributed by atoms with Gasteiger partial charge in [-0.05, 0) is 50.6 Å². The fourth-order valence-electron chi connectivity index (χ4n) is 3.38. The monoisotopic (exact) mass is 471 g/mol. The van der Waals surface area contributed by atoms with Gasteiger partial charge in [0.25, 0.3) is 11.8 Å². The Labute approximate surface area is 196 Å². The largest absolute Gasteiger partial charge is 0.492 e. The molecule has 0 bridgehead atoms. The molecule has 9 heteroatoms. The lowest BCUT2D eigenvalue weighted by molar-refractivity contribution is -0.0438. The summed E-state index contributed by atoms with van der Waals surface area (Å²) >= 11 is 0. The van der Waals surface area contributed by atoms with Gasteiger partial charge < -0.3 is 20.1 Å². The van der Waals surface area contributed by atoms with Crippen LogP contribution in [0.15, 0.2) is 65.7 Å². The van der Waals surface area contributed by atoms with E-state index in [1.807, 2.05) is 0 Å². The molecule has 0 aliphatic carbocycles. The summed E-state index contributed by atoms with van der Waals surface area (Å²) in [6, 6.07) is 9.60. The average molecular weight is 472 g/mol. The number of rotatable bonds is 8. The van der Waals surface area contributed by atoms with E-state index in [0.29, 0.717) is 33.9 Å². The number of alkyl halides is 2. The Balaban J connectivity index is 1.78. The summed E-state index contributed by atoms with van der Waals surface area (Å²) in [5, 5.41) is 0. The maximum absolute atomic E-state index is 13.1. The SMILES string of the molecule is CC(/C=C(\N)C(C)N1Cc2c(ccnc2C(=O)Oc2ccccc2)C1=O)=C(/C)OCC(C)(F)F. The Kier molecular flexibility index (Phi) is 7.34. The van der Waals surface area contributed by atoms with Crippen molar-refractivity contribution in [1.29, 1.82) is 0 Å². The maximum Gasteiger partial charge on any atom is 0.362 e. The van der Waals surface area contributed by atoms with Crippen molar-refractivity contribution in [2.75, 3.05) is 6.61 Å². The highest BCUT2D eigenvalue weighted by Crippen LogP contribution is 2.29. The number of ether oxygens (including phenoxy) is 2. The molecule has 1 unspecified atom stereocenters.